The average Bonchev–Trinajstić information content (AvgIpc) is 1.80. The average molecular weight is 186 g/mol. The normalized spacial score (nSPS) is 10.1. The standard InChI is InChI=1S/C4HF3O3S/c5-4(6,7)3(8)1-2-11(9)10/h1H. The Bertz CT molecular complexity index is 309. The molecule has 0 aromatic rings. The van der Waals surface area contributed by atoms with Gasteiger partial charge in [0.15, 0.2) is 0 Å². The summed E-state index contributed by atoms with van der Waals surface area (Å²) >= 11 is 0. The lowest BCUT2D eigenvalue weighted by molar-refractivity contribution is -0.165. The first-order chi connectivity index (χ1) is 4.84. The summed E-state index contributed by atoms with van der Waals surface area (Å²) in [4.78, 5) is 9.85. The molecule has 0 aliphatic carbocycles. The maximum Gasteiger partial charge on any atom is 0.454 e. The third-order valence-electron chi connectivity index (χ3n) is 0.566. The molecule has 0 aromatic carbocycles. The highest BCUT2D eigenvalue weighted by atomic mass is 32.2. The highest BCUT2D eigenvalue weighted by molar-refractivity contribution is 7.70. The molecule has 62 valence electrons. The number of hydrogen-bond donors (Lipinski definition) is 0. The first kappa shape index (κ1) is 9.93. The van der Waals surface area contributed by atoms with E-state index in [2.05, 4.69) is 0 Å². The zero-order valence-corrected chi connectivity index (χ0v) is 5.66. The molecule has 0 aliphatic heterocycles. The second-order valence-corrected chi connectivity index (χ2v) is 2.06. The molecular weight excluding hydrogens is 185 g/mol. The van der Waals surface area contributed by atoms with E-state index in [0.717, 1.165) is 0 Å². The van der Waals surface area contributed by atoms with Crippen molar-refractivity contribution in [1.29, 1.82) is 0 Å². The second kappa shape index (κ2) is 3.36. The first-order valence-electron chi connectivity index (χ1n) is 2.14. The van der Waals surface area contributed by atoms with E-state index in [0.29, 0.717) is 0 Å². The molecule has 11 heavy (non-hydrogen) atoms. The smallest absolute Gasteiger partial charge is 0.284 e. The largest absolute Gasteiger partial charge is 0.454 e. The topological polar surface area (TPSA) is 51.2 Å². The van der Waals surface area contributed by atoms with Crippen molar-refractivity contribution < 1.29 is 26.4 Å². The Morgan fingerprint density at radius 1 is 1.36 bits per heavy atom. The molecule has 0 amide bonds. The maximum absolute atomic E-state index is 11.3. The summed E-state index contributed by atoms with van der Waals surface area (Å²) in [5.74, 6) is -2.25. The van der Waals surface area contributed by atoms with Crippen molar-refractivity contribution in [2.24, 2.45) is 0 Å². The van der Waals surface area contributed by atoms with Crippen molar-refractivity contribution in [3.05, 3.63) is 6.08 Å². The Balaban J connectivity index is 4.73. The van der Waals surface area contributed by atoms with Crippen LogP contribution >= 0.6 is 0 Å². The maximum atomic E-state index is 11.3. The van der Waals surface area contributed by atoms with Gasteiger partial charge in [-0.1, -0.05) is 0 Å². The fraction of sp³-hybridized carbons (Fsp3) is 0.250. The molecule has 7 heteroatoms. The highest BCUT2D eigenvalue weighted by Crippen LogP contribution is 2.15. The van der Waals surface area contributed by atoms with Gasteiger partial charge < -0.3 is 0 Å². The first-order valence-corrected chi connectivity index (χ1v) is 3.21. The van der Waals surface area contributed by atoms with Crippen molar-refractivity contribution in [2.75, 3.05) is 0 Å². The van der Waals surface area contributed by atoms with Crippen LogP contribution in [-0.4, -0.2) is 25.4 Å². The summed E-state index contributed by atoms with van der Waals surface area (Å²) in [5.41, 5.74) is 0. The monoisotopic (exact) mass is 186 g/mol. The van der Waals surface area contributed by atoms with Gasteiger partial charge in [0.1, 0.15) is 0 Å². The number of hydrogen-bond acceptors (Lipinski definition) is 3. The van der Waals surface area contributed by atoms with Crippen LogP contribution in [0.2, 0.25) is 0 Å². The van der Waals surface area contributed by atoms with Gasteiger partial charge in [-0.2, -0.15) is 21.6 Å². The Labute approximate surface area is 60.7 Å². The minimum absolute atomic E-state index is 0.177. The molecule has 0 unspecified atom stereocenters. The van der Waals surface area contributed by atoms with Crippen LogP contribution in [0.15, 0.2) is 6.08 Å². The van der Waals surface area contributed by atoms with Crippen LogP contribution in [0.5, 0.6) is 0 Å². The lowest BCUT2D eigenvalue weighted by Crippen LogP contribution is -2.20. The van der Waals surface area contributed by atoms with E-state index < -0.39 is 22.3 Å². The van der Waals surface area contributed by atoms with Crippen LogP contribution in [0.25, 0.3) is 0 Å². The predicted molar refractivity (Wildman–Crippen MR) is 29.6 cm³/mol. The van der Waals surface area contributed by atoms with E-state index in [1.54, 1.807) is 0 Å². The molecule has 0 heterocycles. The van der Waals surface area contributed by atoms with Crippen LogP contribution < -0.4 is 0 Å². The van der Waals surface area contributed by atoms with Crippen molar-refractivity contribution in [3.8, 4) is 0 Å². The van der Waals surface area contributed by atoms with Crippen LogP contribution in [-0.2, 0) is 15.1 Å². The van der Waals surface area contributed by atoms with Crippen molar-refractivity contribution in [3.63, 3.8) is 0 Å². The lowest BCUT2D eigenvalue weighted by atomic mass is 10.4. The summed E-state index contributed by atoms with van der Waals surface area (Å²) in [6.45, 7) is 0. The Morgan fingerprint density at radius 2 is 1.82 bits per heavy atom. The molecule has 0 rings (SSSR count). The summed E-state index contributed by atoms with van der Waals surface area (Å²) in [5, 5.41) is 1.17. The summed E-state index contributed by atoms with van der Waals surface area (Å²) in [6.07, 6.45) is -5.21. The zero-order chi connectivity index (χ0) is 9.07. The van der Waals surface area contributed by atoms with Crippen molar-refractivity contribution in [2.45, 2.75) is 6.18 Å². The number of ketones is 1. The molecule has 0 saturated carbocycles. The Hall–Kier alpha value is -1.07. The number of allylic oxidation sites excluding steroid dienone is 1. The fourth-order valence-electron chi connectivity index (χ4n) is 0.183. The van der Waals surface area contributed by atoms with Crippen molar-refractivity contribution >= 4 is 21.1 Å². The van der Waals surface area contributed by atoms with E-state index in [4.69, 9.17) is 0 Å². The molecule has 0 N–H and O–H groups in total. The molecule has 0 saturated heterocycles. The van der Waals surface area contributed by atoms with Crippen molar-refractivity contribution in [1.82, 2.24) is 0 Å². The minimum Gasteiger partial charge on any atom is -0.284 e. The number of carbonyl (C=O) groups is 1. The van der Waals surface area contributed by atoms with E-state index in [1.807, 2.05) is 0 Å². The predicted octanol–water partition coefficient (Wildman–Crippen LogP) is -0.0458. The molecule has 0 atom stereocenters. The molecule has 0 aliphatic rings. The van der Waals surface area contributed by atoms with Crippen LogP contribution in [0.1, 0.15) is 0 Å². The summed E-state index contributed by atoms with van der Waals surface area (Å²) in [6, 6.07) is 0. The second-order valence-electron chi connectivity index (χ2n) is 1.36. The van der Waals surface area contributed by atoms with Gasteiger partial charge in [0.2, 0.25) is 0 Å². The van der Waals surface area contributed by atoms with Gasteiger partial charge in [0.25, 0.3) is 16.1 Å². The zero-order valence-electron chi connectivity index (χ0n) is 4.84. The summed E-state index contributed by atoms with van der Waals surface area (Å²) < 4.78 is 53.0. The minimum atomic E-state index is -5.04. The molecule has 0 spiro atoms. The van der Waals surface area contributed by atoms with Gasteiger partial charge in [-0.15, -0.1) is 0 Å². The van der Waals surface area contributed by atoms with E-state index in [1.165, 1.54) is 5.02 Å². The van der Waals surface area contributed by atoms with E-state index in [-0.39, 0.29) is 6.08 Å². The van der Waals surface area contributed by atoms with Crippen LogP contribution in [0, 0.1) is 0 Å². The third kappa shape index (κ3) is 4.35. The van der Waals surface area contributed by atoms with Gasteiger partial charge in [-0.25, -0.2) is 0 Å². The Morgan fingerprint density at radius 3 is 2.09 bits per heavy atom. The van der Waals surface area contributed by atoms with E-state index in [9.17, 15) is 26.4 Å². The lowest BCUT2D eigenvalue weighted by Gasteiger charge is -1.96. The number of rotatable bonds is 1. The molecule has 0 aromatic heterocycles. The highest BCUT2D eigenvalue weighted by Gasteiger charge is 2.36. The van der Waals surface area contributed by atoms with Gasteiger partial charge in [0.05, 0.1) is 0 Å². The molecule has 0 fully saturated rings. The van der Waals surface area contributed by atoms with Gasteiger partial charge in [0, 0.05) is 11.1 Å². The molecule has 0 bridgehead atoms. The van der Waals surface area contributed by atoms with Gasteiger partial charge >= 0.3 is 6.18 Å². The SMILES string of the molecule is O=C(C=C=S(=O)=O)C(F)(F)F. The van der Waals surface area contributed by atoms with Crippen LogP contribution in [0.3, 0.4) is 0 Å². The third-order valence-corrected chi connectivity index (χ3v) is 0.876. The molecule has 3 nitrogen and oxygen atoms in total. The fourth-order valence-corrected chi connectivity index (χ4v) is 0.387. The van der Waals surface area contributed by atoms with E-state index >= 15 is 0 Å². The number of carbonyl (C=O) groups excluding carboxylic acids is 1. The quantitative estimate of drug-likeness (QED) is 0.426. The van der Waals surface area contributed by atoms with Gasteiger partial charge in [-0.05, 0) is 0 Å². The molecular formula is C4HF3O3S. The van der Waals surface area contributed by atoms with Gasteiger partial charge in [-0.3, -0.25) is 4.79 Å². The molecule has 0 radical (unpaired) electrons. The Kier molecular flexibility index (Phi) is 3.03. The summed E-state index contributed by atoms with van der Waals surface area (Å²) in [7, 11) is -2.90. The number of halogens is 3. The van der Waals surface area contributed by atoms with Crippen LogP contribution in [0.4, 0.5) is 13.2 Å². The number of alkyl halides is 3.